The molecule has 1 heterocycles. The molecule has 0 saturated heterocycles. The van der Waals surface area contributed by atoms with Crippen molar-refractivity contribution in [1.82, 2.24) is 9.97 Å². The quantitative estimate of drug-likeness (QED) is 0.354. The van der Waals surface area contributed by atoms with Crippen LogP contribution < -0.4 is 0 Å². The summed E-state index contributed by atoms with van der Waals surface area (Å²) in [5.41, 5.74) is 0. The van der Waals surface area contributed by atoms with Gasteiger partial charge in [-0.1, -0.05) is 75.5 Å². The number of rotatable bonds is 13. The number of hydrogen-bond acceptors (Lipinski definition) is 3. The van der Waals surface area contributed by atoms with Gasteiger partial charge in [0.1, 0.15) is 0 Å². The maximum Gasteiger partial charge on any atom is 0.176 e. The third-order valence-electron chi connectivity index (χ3n) is 3.19. The minimum Gasteiger partial charge on any atom is -0.339 e. The first kappa shape index (κ1) is 17.0. The number of nitrogens with zero attached hydrogens (tertiary/aromatic N) is 1. The number of aromatic nitrogens is 2. The molecule has 0 atom stereocenters. The van der Waals surface area contributed by atoms with Crippen LogP contribution in [0.5, 0.6) is 0 Å². The SMILES string of the molecule is CCCCCCCCCCCCSSc1ncc[nH]1. The molecule has 110 valence electrons. The van der Waals surface area contributed by atoms with Crippen LogP contribution in [0.15, 0.2) is 17.6 Å². The van der Waals surface area contributed by atoms with Crippen molar-refractivity contribution in [1.29, 1.82) is 0 Å². The number of hydrogen-bond donors (Lipinski definition) is 1. The summed E-state index contributed by atoms with van der Waals surface area (Å²) in [6.07, 6.45) is 17.8. The molecule has 0 spiro atoms. The minimum atomic E-state index is 1.03. The summed E-state index contributed by atoms with van der Waals surface area (Å²) in [5, 5.41) is 1.03. The molecule has 1 aromatic rings. The van der Waals surface area contributed by atoms with Crippen LogP contribution in [0, 0.1) is 0 Å². The molecule has 0 aliphatic carbocycles. The Morgan fingerprint density at radius 2 is 1.58 bits per heavy atom. The van der Waals surface area contributed by atoms with Gasteiger partial charge in [-0.15, -0.1) is 0 Å². The van der Waals surface area contributed by atoms with Crippen molar-refractivity contribution in [3.63, 3.8) is 0 Å². The maximum absolute atomic E-state index is 4.19. The standard InChI is InChI=1S/C15H28N2S2/c1-2-3-4-5-6-7-8-9-10-11-14-18-19-15-16-12-13-17-15/h12-13H,2-11,14H2,1H3,(H,16,17). The zero-order valence-electron chi connectivity index (χ0n) is 12.2. The van der Waals surface area contributed by atoms with E-state index in [1.54, 1.807) is 10.8 Å². The van der Waals surface area contributed by atoms with E-state index in [1.165, 1.54) is 70.0 Å². The third-order valence-corrected chi connectivity index (χ3v) is 5.47. The Kier molecular flexibility index (Phi) is 11.5. The maximum atomic E-state index is 4.19. The molecule has 0 aliphatic heterocycles. The number of H-pyrrole nitrogens is 1. The lowest BCUT2D eigenvalue weighted by atomic mass is 10.1. The second kappa shape index (κ2) is 12.9. The van der Waals surface area contributed by atoms with Crippen LogP contribution in [0.1, 0.15) is 71.1 Å². The molecule has 0 amide bonds. The van der Waals surface area contributed by atoms with Crippen molar-refractivity contribution in [3.05, 3.63) is 12.4 Å². The Bertz CT molecular complexity index is 276. The molecular formula is C15H28N2S2. The fourth-order valence-electron chi connectivity index (χ4n) is 2.04. The molecule has 0 saturated carbocycles. The average Bonchev–Trinajstić information content (AvgIpc) is 2.93. The Morgan fingerprint density at radius 1 is 0.947 bits per heavy atom. The monoisotopic (exact) mass is 300 g/mol. The predicted octanol–water partition coefficient (Wildman–Crippen LogP) is 6.07. The normalized spacial score (nSPS) is 11.0. The average molecular weight is 301 g/mol. The van der Waals surface area contributed by atoms with Gasteiger partial charge < -0.3 is 4.98 Å². The van der Waals surface area contributed by atoms with Crippen LogP contribution >= 0.6 is 21.6 Å². The second-order valence-corrected chi connectivity index (χ2v) is 7.39. The minimum absolute atomic E-state index is 1.03. The van der Waals surface area contributed by atoms with Crippen molar-refractivity contribution in [2.75, 3.05) is 5.75 Å². The van der Waals surface area contributed by atoms with Crippen molar-refractivity contribution >= 4 is 21.6 Å². The van der Waals surface area contributed by atoms with Gasteiger partial charge in [0.2, 0.25) is 0 Å². The van der Waals surface area contributed by atoms with E-state index in [4.69, 9.17) is 0 Å². The van der Waals surface area contributed by atoms with E-state index in [2.05, 4.69) is 16.9 Å². The van der Waals surface area contributed by atoms with Crippen molar-refractivity contribution < 1.29 is 0 Å². The molecule has 19 heavy (non-hydrogen) atoms. The molecule has 1 rings (SSSR count). The highest BCUT2D eigenvalue weighted by atomic mass is 33.1. The summed E-state index contributed by atoms with van der Waals surface area (Å²) >= 11 is 0. The molecule has 1 N–H and O–H groups in total. The molecule has 0 aliphatic rings. The van der Waals surface area contributed by atoms with Gasteiger partial charge in [0.15, 0.2) is 5.16 Å². The molecule has 0 radical (unpaired) electrons. The zero-order valence-corrected chi connectivity index (χ0v) is 13.8. The number of imidazole rings is 1. The van der Waals surface area contributed by atoms with Gasteiger partial charge in [0.05, 0.1) is 0 Å². The first-order chi connectivity index (χ1) is 9.43. The van der Waals surface area contributed by atoms with E-state index >= 15 is 0 Å². The molecule has 0 aromatic carbocycles. The van der Waals surface area contributed by atoms with Crippen LogP contribution in [0.2, 0.25) is 0 Å². The molecule has 1 aromatic heterocycles. The van der Waals surface area contributed by atoms with Gasteiger partial charge >= 0.3 is 0 Å². The van der Waals surface area contributed by atoms with Gasteiger partial charge in [-0.3, -0.25) is 0 Å². The predicted molar refractivity (Wildman–Crippen MR) is 88.7 cm³/mol. The molecule has 0 unspecified atom stereocenters. The van der Waals surface area contributed by atoms with Crippen molar-refractivity contribution in [2.24, 2.45) is 0 Å². The van der Waals surface area contributed by atoms with Gasteiger partial charge in [0, 0.05) is 18.1 Å². The summed E-state index contributed by atoms with van der Waals surface area (Å²) < 4.78 is 0. The van der Waals surface area contributed by atoms with E-state index in [9.17, 15) is 0 Å². The first-order valence-corrected chi connectivity index (χ1v) is 10.0. The Labute approximate surface area is 126 Å². The number of nitrogens with one attached hydrogen (secondary N) is 1. The lowest BCUT2D eigenvalue weighted by Gasteiger charge is -2.02. The fourth-order valence-corrected chi connectivity index (χ4v) is 3.99. The molecule has 4 heteroatoms. The fraction of sp³-hybridized carbons (Fsp3) is 0.800. The van der Waals surface area contributed by atoms with Gasteiger partial charge in [-0.25, -0.2) is 4.98 Å². The number of aromatic amines is 1. The Morgan fingerprint density at radius 3 is 2.16 bits per heavy atom. The topological polar surface area (TPSA) is 28.7 Å². The van der Waals surface area contributed by atoms with Gasteiger partial charge in [0.25, 0.3) is 0 Å². The third kappa shape index (κ3) is 10.4. The summed E-state index contributed by atoms with van der Waals surface area (Å²) in [4.78, 5) is 7.30. The van der Waals surface area contributed by atoms with Crippen molar-refractivity contribution in [3.8, 4) is 0 Å². The van der Waals surface area contributed by atoms with E-state index in [0.29, 0.717) is 0 Å². The Hall–Kier alpha value is -0.0900. The van der Waals surface area contributed by atoms with Gasteiger partial charge in [-0.05, 0) is 17.2 Å². The second-order valence-electron chi connectivity index (χ2n) is 4.98. The van der Waals surface area contributed by atoms with Crippen LogP contribution in [0.3, 0.4) is 0 Å². The summed E-state index contributed by atoms with van der Waals surface area (Å²) in [6, 6.07) is 0. The lowest BCUT2D eigenvalue weighted by Crippen LogP contribution is -1.83. The zero-order chi connectivity index (χ0) is 13.6. The highest BCUT2D eigenvalue weighted by molar-refractivity contribution is 8.76. The van der Waals surface area contributed by atoms with Crippen LogP contribution in [0.25, 0.3) is 0 Å². The van der Waals surface area contributed by atoms with E-state index in [0.717, 1.165) is 5.16 Å². The lowest BCUT2D eigenvalue weighted by molar-refractivity contribution is 0.563. The summed E-state index contributed by atoms with van der Waals surface area (Å²) in [7, 11) is 3.67. The van der Waals surface area contributed by atoms with Crippen LogP contribution in [0.4, 0.5) is 0 Å². The van der Waals surface area contributed by atoms with Crippen LogP contribution in [-0.2, 0) is 0 Å². The molecular weight excluding hydrogens is 272 g/mol. The smallest absolute Gasteiger partial charge is 0.176 e. The number of unbranched alkanes of at least 4 members (excludes halogenated alkanes) is 9. The summed E-state index contributed by atoms with van der Waals surface area (Å²) in [6.45, 7) is 2.28. The molecule has 0 bridgehead atoms. The first-order valence-electron chi connectivity index (χ1n) is 7.72. The molecule has 0 fully saturated rings. The molecule has 2 nitrogen and oxygen atoms in total. The summed E-state index contributed by atoms with van der Waals surface area (Å²) in [5.74, 6) is 1.24. The van der Waals surface area contributed by atoms with Gasteiger partial charge in [-0.2, -0.15) is 0 Å². The highest BCUT2D eigenvalue weighted by Crippen LogP contribution is 2.28. The van der Waals surface area contributed by atoms with E-state index in [1.807, 2.05) is 23.2 Å². The van der Waals surface area contributed by atoms with E-state index in [-0.39, 0.29) is 0 Å². The Balaban J connectivity index is 1.72. The van der Waals surface area contributed by atoms with E-state index < -0.39 is 0 Å². The van der Waals surface area contributed by atoms with Crippen molar-refractivity contribution in [2.45, 2.75) is 76.3 Å². The largest absolute Gasteiger partial charge is 0.339 e. The highest BCUT2D eigenvalue weighted by Gasteiger charge is 1.96. The van der Waals surface area contributed by atoms with Crippen LogP contribution in [-0.4, -0.2) is 15.7 Å².